The summed E-state index contributed by atoms with van der Waals surface area (Å²) in [6, 6.07) is 7.27. The highest BCUT2D eigenvalue weighted by molar-refractivity contribution is 5.38. The third kappa shape index (κ3) is 6.52. The molecule has 0 saturated heterocycles. The third-order valence-corrected chi connectivity index (χ3v) is 4.13. The van der Waals surface area contributed by atoms with E-state index in [0.717, 1.165) is 5.75 Å². The van der Waals surface area contributed by atoms with Crippen LogP contribution in [0.1, 0.15) is 76.5 Å². The molecule has 0 amide bonds. The molecule has 0 aliphatic rings. The molecule has 0 bridgehead atoms. The summed E-state index contributed by atoms with van der Waals surface area (Å²) in [5.41, 5.74) is 2.54. The fraction of sp³-hybridized carbons (Fsp3) is 0.684. The quantitative estimate of drug-likeness (QED) is 0.582. The lowest BCUT2D eigenvalue weighted by Crippen LogP contribution is -2.29. The number of rotatable bonds is 10. The summed E-state index contributed by atoms with van der Waals surface area (Å²) in [7, 11) is 1.75. The molecule has 2 nitrogen and oxygen atoms in total. The predicted octanol–water partition coefficient (Wildman–Crippen LogP) is 5.40. The molecule has 1 rings (SSSR count). The summed E-state index contributed by atoms with van der Waals surface area (Å²) >= 11 is 0. The zero-order valence-electron chi connectivity index (χ0n) is 14.5. The molecule has 2 heteroatoms. The molecule has 0 aromatic heterocycles. The van der Waals surface area contributed by atoms with Gasteiger partial charge in [-0.25, -0.2) is 0 Å². The van der Waals surface area contributed by atoms with E-state index in [1.54, 1.807) is 7.11 Å². The van der Waals surface area contributed by atoms with Crippen molar-refractivity contribution >= 4 is 0 Å². The maximum atomic E-state index is 5.49. The maximum absolute atomic E-state index is 5.49. The van der Waals surface area contributed by atoms with Crippen LogP contribution in [0.5, 0.6) is 5.75 Å². The molecule has 1 N–H and O–H groups in total. The molecule has 0 radical (unpaired) electrons. The SMILES string of the molecule is CCCCCCCC(C)NC(C)c1cc(C)ccc1OC. The summed E-state index contributed by atoms with van der Waals surface area (Å²) < 4.78 is 5.49. The molecule has 0 saturated carbocycles. The van der Waals surface area contributed by atoms with Gasteiger partial charge < -0.3 is 10.1 Å². The molecular weight excluding hydrogens is 258 g/mol. The average molecular weight is 291 g/mol. The van der Waals surface area contributed by atoms with Crippen molar-refractivity contribution in [2.45, 2.75) is 78.3 Å². The van der Waals surface area contributed by atoms with E-state index >= 15 is 0 Å². The van der Waals surface area contributed by atoms with E-state index in [2.05, 4.69) is 51.2 Å². The molecule has 21 heavy (non-hydrogen) atoms. The Kier molecular flexibility index (Phi) is 8.44. The van der Waals surface area contributed by atoms with Crippen molar-refractivity contribution in [3.63, 3.8) is 0 Å². The third-order valence-electron chi connectivity index (χ3n) is 4.13. The minimum Gasteiger partial charge on any atom is -0.496 e. The van der Waals surface area contributed by atoms with Crippen molar-refractivity contribution in [2.75, 3.05) is 7.11 Å². The van der Waals surface area contributed by atoms with Gasteiger partial charge >= 0.3 is 0 Å². The number of hydrogen-bond donors (Lipinski definition) is 1. The lowest BCUT2D eigenvalue weighted by molar-refractivity contribution is 0.389. The monoisotopic (exact) mass is 291 g/mol. The fourth-order valence-corrected chi connectivity index (χ4v) is 2.85. The van der Waals surface area contributed by atoms with E-state index in [4.69, 9.17) is 4.74 Å². The molecular formula is C19H33NO. The van der Waals surface area contributed by atoms with Crippen LogP contribution in [0.25, 0.3) is 0 Å². The highest BCUT2D eigenvalue weighted by atomic mass is 16.5. The largest absolute Gasteiger partial charge is 0.496 e. The lowest BCUT2D eigenvalue weighted by atomic mass is 10.0. The van der Waals surface area contributed by atoms with Gasteiger partial charge in [-0.05, 0) is 33.3 Å². The van der Waals surface area contributed by atoms with Crippen LogP contribution >= 0.6 is 0 Å². The van der Waals surface area contributed by atoms with Crippen molar-refractivity contribution in [3.05, 3.63) is 29.3 Å². The highest BCUT2D eigenvalue weighted by Gasteiger charge is 2.13. The summed E-state index contributed by atoms with van der Waals surface area (Å²) in [6.45, 7) is 8.91. The summed E-state index contributed by atoms with van der Waals surface area (Å²) in [5, 5.41) is 3.71. The number of ether oxygens (including phenoxy) is 1. The molecule has 120 valence electrons. The number of benzene rings is 1. The first-order valence-corrected chi connectivity index (χ1v) is 8.49. The first-order valence-electron chi connectivity index (χ1n) is 8.49. The van der Waals surface area contributed by atoms with Gasteiger partial charge in [0.2, 0.25) is 0 Å². The lowest BCUT2D eigenvalue weighted by Gasteiger charge is -2.22. The summed E-state index contributed by atoms with van der Waals surface area (Å²) in [6.07, 6.45) is 8.01. The first-order chi connectivity index (χ1) is 10.1. The Balaban J connectivity index is 2.45. The van der Waals surface area contributed by atoms with Gasteiger partial charge in [-0.1, -0.05) is 56.7 Å². The molecule has 0 aliphatic carbocycles. The number of methoxy groups -OCH3 is 1. The average Bonchev–Trinajstić information content (AvgIpc) is 2.47. The summed E-state index contributed by atoms with van der Waals surface area (Å²) in [5.74, 6) is 0.982. The van der Waals surface area contributed by atoms with Crippen LogP contribution in [0.15, 0.2) is 18.2 Å². The first kappa shape index (κ1) is 18.0. The van der Waals surface area contributed by atoms with Crippen molar-refractivity contribution < 1.29 is 4.74 Å². The van der Waals surface area contributed by atoms with E-state index in [1.807, 2.05) is 0 Å². The van der Waals surface area contributed by atoms with Crippen LogP contribution in [0.3, 0.4) is 0 Å². The molecule has 0 aliphatic heterocycles. The fourth-order valence-electron chi connectivity index (χ4n) is 2.85. The van der Waals surface area contributed by atoms with Crippen molar-refractivity contribution in [1.82, 2.24) is 5.32 Å². The molecule has 1 aromatic rings. The zero-order chi connectivity index (χ0) is 15.7. The Hall–Kier alpha value is -1.02. The standard InChI is InChI=1S/C19H33NO/c1-6-7-8-9-10-11-16(3)20-17(4)18-14-15(2)12-13-19(18)21-5/h12-14,16-17,20H,6-11H2,1-5H3. The van der Waals surface area contributed by atoms with Crippen LogP contribution in [-0.2, 0) is 0 Å². The molecule has 0 spiro atoms. The van der Waals surface area contributed by atoms with E-state index in [9.17, 15) is 0 Å². The Bertz CT molecular complexity index is 403. The maximum Gasteiger partial charge on any atom is 0.123 e. The zero-order valence-corrected chi connectivity index (χ0v) is 14.5. The highest BCUT2D eigenvalue weighted by Crippen LogP contribution is 2.26. The second-order valence-electron chi connectivity index (χ2n) is 6.24. The van der Waals surface area contributed by atoms with Crippen molar-refractivity contribution in [3.8, 4) is 5.75 Å². The van der Waals surface area contributed by atoms with Crippen LogP contribution in [0.2, 0.25) is 0 Å². The van der Waals surface area contributed by atoms with Gasteiger partial charge in [0, 0.05) is 17.6 Å². The van der Waals surface area contributed by atoms with Gasteiger partial charge in [-0.2, -0.15) is 0 Å². The van der Waals surface area contributed by atoms with Crippen LogP contribution < -0.4 is 10.1 Å². The van der Waals surface area contributed by atoms with E-state index in [0.29, 0.717) is 12.1 Å². The number of nitrogens with one attached hydrogen (secondary N) is 1. The van der Waals surface area contributed by atoms with Crippen molar-refractivity contribution in [2.24, 2.45) is 0 Å². The number of unbranched alkanes of at least 4 members (excludes halogenated alkanes) is 4. The van der Waals surface area contributed by atoms with E-state index < -0.39 is 0 Å². The molecule has 1 aromatic carbocycles. The second kappa shape index (κ2) is 9.83. The van der Waals surface area contributed by atoms with Gasteiger partial charge in [0.1, 0.15) is 5.75 Å². The molecule has 0 heterocycles. The van der Waals surface area contributed by atoms with E-state index in [-0.39, 0.29) is 0 Å². The second-order valence-corrected chi connectivity index (χ2v) is 6.24. The number of hydrogen-bond acceptors (Lipinski definition) is 2. The number of aryl methyl sites for hydroxylation is 1. The van der Waals surface area contributed by atoms with Crippen LogP contribution in [-0.4, -0.2) is 13.2 Å². The molecule has 2 unspecified atom stereocenters. The van der Waals surface area contributed by atoms with Gasteiger partial charge in [-0.3, -0.25) is 0 Å². The Morgan fingerprint density at radius 2 is 1.81 bits per heavy atom. The van der Waals surface area contributed by atoms with Crippen molar-refractivity contribution in [1.29, 1.82) is 0 Å². The topological polar surface area (TPSA) is 21.3 Å². The Morgan fingerprint density at radius 1 is 1.10 bits per heavy atom. The van der Waals surface area contributed by atoms with Gasteiger partial charge in [0.05, 0.1) is 7.11 Å². The molecule has 2 atom stereocenters. The van der Waals surface area contributed by atoms with Gasteiger partial charge in [-0.15, -0.1) is 0 Å². The van der Waals surface area contributed by atoms with Crippen LogP contribution in [0.4, 0.5) is 0 Å². The summed E-state index contributed by atoms with van der Waals surface area (Å²) in [4.78, 5) is 0. The van der Waals surface area contributed by atoms with Crippen LogP contribution in [0, 0.1) is 6.92 Å². The minimum atomic E-state index is 0.325. The minimum absolute atomic E-state index is 0.325. The molecule has 0 fully saturated rings. The van der Waals surface area contributed by atoms with E-state index in [1.165, 1.54) is 49.7 Å². The Morgan fingerprint density at radius 3 is 2.48 bits per heavy atom. The van der Waals surface area contributed by atoms with Gasteiger partial charge in [0.15, 0.2) is 0 Å². The normalized spacial score (nSPS) is 14.0. The smallest absolute Gasteiger partial charge is 0.123 e. The van der Waals surface area contributed by atoms with Gasteiger partial charge in [0.25, 0.3) is 0 Å². The Labute approximate surface area is 131 Å². The predicted molar refractivity (Wildman–Crippen MR) is 92.1 cm³/mol.